The Labute approximate surface area is 142 Å². The quantitative estimate of drug-likeness (QED) is 0.887. The lowest BCUT2D eigenvalue weighted by atomic mass is 9.92. The van der Waals surface area contributed by atoms with E-state index in [1.54, 1.807) is 24.3 Å². The molecule has 0 radical (unpaired) electrons. The van der Waals surface area contributed by atoms with E-state index in [0.29, 0.717) is 18.2 Å². The Morgan fingerprint density at radius 1 is 1.22 bits per heavy atom. The van der Waals surface area contributed by atoms with Gasteiger partial charge in [0.05, 0.1) is 12.2 Å². The average Bonchev–Trinajstić information content (AvgIpc) is 2.55. The van der Waals surface area contributed by atoms with Gasteiger partial charge < -0.3 is 19.3 Å². The molecule has 6 heteroatoms. The molecule has 1 aromatic rings. The highest BCUT2D eigenvalue weighted by Gasteiger charge is 2.38. The molecule has 2 aliphatic heterocycles. The largest absolute Gasteiger partial charge is 0.491 e. The standard InChI is InChI=1S/C17H24ClNO4/c18-14-1-3-16(4-2-14)22-12-15(20)11-19-7-10-23-17(13-19)5-8-21-9-6-17/h1-4,15,20H,5-13H2. The molecule has 3 rings (SSSR count). The molecule has 1 spiro atoms. The van der Waals surface area contributed by atoms with Gasteiger partial charge >= 0.3 is 0 Å². The van der Waals surface area contributed by atoms with Gasteiger partial charge in [-0.25, -0.2) is 0 Å². The molecule has 0 saturated carbocycles. The summed E-state index contributed by atoms with van der Waals surface area (Å²) >= 11 is 5.84. The Hall–Kier alpha value is -0.850. The molecule has 2 aliphatic rings. The van der Waals surface area contributed by atoms with Gasteiger partial charge in [-0.3, -0.25) is 4.90 Å². The van der Waals surface area contributed by atoms with Crippen molar-refractivity contribution in [3.05, 3.63) is 29.3 Å². The fourth-order valence-electron chi connectivity index (χ4n) is 3.20. The van der Waals surface area contributed by atoms with Gasteiger partial charge in [-0.1, -0.05) is 11.6 Å². The van der Waals surface area contributed by atoms with Crippen molar-refractivity contribution < 1.29 is 19.3 Å². The summed E-state index contributed by atoms with van der Waals surface area (Å²) in [5, 5.41) is 10.9. The van der Waals surface area contributed by atoms with E-state index in [1.165, 1.54) is 0 Å². The summed E-state index contributed by atoms with van der Waals surface area (Å²) in [7, 11) is 0. The summed E-state index contributed by atoms with van der Waals surface area (Å²) in [5.74, 6) is 0.719. The van der Waals surface area contributed by atoms with Gasteiger partial charge in [0.15, 0.2) is 0 Å². The molecule has 0 aromatic heterocycles. The van der Waals surface area contributed by atoms with Crippen LogP contribution in [0.4, 0.5) is 0 Å². The Morgan fingerprint density at radius 2 is 1.96 bits per heavy atom. The van der Waals surface area contributed by atoms with Crippen molar-refractivity contribution >= 4 is 11.6 Å². The number of ether oxygens (including phenoxy) is 3. The van der Waals surface area contributed by atoms with Crippen molar-refractivity contribution in [2.45, 2.75) is 24.5 Å². The van der Waals surface area contributed by atoms with Crippen molar-refractivity contribution in [2.24, 2.45) is 0 Å². The maximum Gasteiger partial charge on any atom is 0.119 e. The Kier molecular flexibility index (Phi) is 5.77. The zero-order valence-electron chi connectivity index (χ0n) is 13.2. The van der Waals surface area contributed by atoms with E-state index < -0.39 is 6.10 Å². The summed E-state index contributed by atoms with van der Waals surface area (Å²) in [4.78, 5) is 2.27. The summed E-state index contributed by atoms with van der Waals surface area (Å²) in [6, 6.07) is 7.17. The maximum atomic E-state index is 10.2. The summed E-state index contributed by atoms with van der Waals surface area (Å²) in [5.41, 5.74) is -0.0900. The SMILES string of the molecule is OC(COc1ccc(Cl)cc1)CN1CCOC2(CCOCC2)C1. The summed E-state index contributed by atoms with van der Waals surface area (Å²) in [6.07, 6.45) is 1.34. The van der Waals surface area contributed by atoms with Crippen molar-refractivity contribution in [3.63, 3.8) is 0 Å². The fraction of sp³-hybridized carbons (Fsp3) is 0.647. The molecule has 0 aliphatic carbocycles. The minimum Gasteiger partial charge on any atom is -0.491 e. The minimum atomic E-state index is -0.527. The molecule has 23 heavy (non-hydrogen) atoms. The molecule has 1 N–H and O–H groups in total. The van der Waals surface area contributed by atoms with Crippen LogP contribution < -0.4 is 4.74 Å². The number of rotatable bonds is 5. The number of hydrogen-bond donors (Lipinski definition) is 1. The van der Waals surface area contributed by atoms with Crippen molar-refractivity contribution in [1.82, 2.24) is 4.90 Å². The Bertz CT molecular complexity index is 484. The first kappa shape index (κ1) is 17.0. The van der Waals surface area contributed by atoms with Gasteiger partial charge in [0.1, 0.15) is 18.5 Å². The molecule has 0 bridgehead atoms. The summed E-state index contributed by atoms with van der Waals surface area (Å²) in [6.45, 7) is 4.81. The lowest BCUT2D eigenvalue weighted by Crippen LogP contribution is -2.55. The molecule has 1 aromatic carbocycles. The third-order valence-corrected chi connectivity index (χ3v) is 4.71. The average molecular weight is 342 g/mol. The predicted molar refractivity (Wildman–Crippen MR) is 88.1 cm³/mol. The highest BCUT2D eigenvalue weighted by molar-refractivity contribution is 6.30. The van der Waals surface area contributed by atoms with Gasteiger partial charge in [0.2, 0.25) is 0 Å². The van der Waals surface area contributed by atoms with E-state index in [0.717, 1.165) is 44.9 Å². The van der Waals surface area contributed by atoms with E-state index in [1.807, 2.05) is 0 Å². The molecule has 1 unspecified atom stereocenters. The van der Waals surface area contributed by atoms with Crippen LogP contribution in [0.25, 0.3) is 0 Å². The van der Waals surface area contributed by atoms with Gasteiger partial charge in [-0.05, 0) is 24.3 Å². The molecule has 2 heterocycles. The van der Waals surface area contributed by atoms with Gasteiger partial charge in [0, 0.05) is 50.7 Å². The lowest BCUT2D eigenvalue weighted by molar-refractivity contribution is -0.157. The fourth-order valence-corrected chi connectivity index (χ4v) is 3.33. The van der Waals surface area contributed by atoms with Gasteiger partial charge in [-0.15, -0.1) is 0 Å². The number of morpholine rings is 1. The van der Waals surface area contributed by atoms with Crippen LogP contribution >= 0.6 is 11.6 Å². The second kappa shape index (κ2) is 7.81. The van der Waals surface area contributed by atoms with Crippen molar-refractivity contribution in [3.8, 4) is 5.75 Å². The normalized spacial score (nSPS) is 22.9. The summed E-state index contributed by atoms with van der Waals surface area (Å²) < 4.78 is 17.1. The van der Waals surface area contributed by atoms with Crippen LogP contribution in [0.3, 0.4) is 0 Å². The van der Waals surface area contributed by atoms with Crippen LogP contribution in [0.5, 0.6) is 5.75 Å². The van der Waals surface area contributed by atoms with E-state index in [2.05, 4.69) is 4.90 Å². The smallest absolute Gasteiger partial charge is 0.119 e. The Balaban J connectivity index is 1.45. The molecule has 0 amide bonds. The zero-order valence-corrected chi connectivity index (χ0v) is 14.0. The number of nitrogens with zero attached hydrogens (tertiary/aromatic N) is 1. The number of aliphatic hydroxyl groups excluding tert-OH is 1. The third-order valence-electron chi connectivity index (χ3n) is 4.46. The molecule has 2 fully saturated rings. The second-order valence-electron chi connectivity index (χ2n) is 6.30. The van der Waals surface area contributed by atoms with Crippen molar-refractivity contribution in [1.29, 1.82) is 0 Å². The van der Waals surface area contributed by atoms with Crippen LogP contribution in [-0.2, 0) is 9.47 Å². The van der Waals surface area contributed by atoms with Crippen LogP contribution in [0, 0.1) is 0 Å². The number of halogens is 1. The first-order valence-corrected chi connectivity index (χ1v) is 8.54. The van der Waals surface area contributed by atoms with E-state index in [4.69, 9.17) is 25.8 Å². The third kappa shape index (κ3) is 4.81. The minimum absolute atomic E-state index is 0.0900. The molecule has 5 nitrogen and oxygen atoms in total. The first-order valence-electron chi connectivity index (χ1n) is 8.16. The van der Waals surface area contributed by atoms with Crippen molar-refractivity contribution in [2.75, 3.05) is 46.1 Å². The lowest BCUT2D eigenvalue weighted by Gasteiger charge is -2.45. The van der Waals surface area contributed by atoms with Crippen LogP contribution in [0.1, 0.15) is 12.8 Å². The number of aliphatic hydroxyl groups is 1. The number of β-amino-alcohol motifs (C(OH)–C–C–N with tert-alkyl or cyclic N) is 1. The molecule has 128 valence electrons. The van der Waals surface area contributed by atoms with Gasteiger partial charge in [0.25, 0.3) is 0 Å². The van der Waals surface area contributed by atoms with E-state index in [-0.39, 0.29) is 12.2 Å². The zero-order chi connectivity index (χ0) is 16.1. The Morgan fingerprint density at radius 3 is 2.70 bits per heavy atom. The first-order chi connectivity index (χ1) is 11.2. The van der Waals surface area contributed by atoms with Crippen LogP contribution in [0.15, 0.2) is 24.3 Å². The molecule has 2 saturated heterocycles. The van der Waals surface area contributed by atoms with Crippen LogP contribution in [-0.4, -0.2) is 67.8 Å². The molecular weight excluding hydrogens is 318 g/mol. The monoisotopic (exact) mass is 341 g/mol. The highest BCUT2D eigenvalue weighted by Crippen LogP contribution is 2.29. The van der Waals surface area contributed by atoms with E-state index >= 15 is 0 Å². The molecule has 1 atom stereocenters. The predicted octanol–water partition coefficient (Wildman–Crippen LogP) is 1.96. The maximum absolute atomic E-state index is 10.2. The molecular formula is C17H24ClNO4. The topological polar surface area (TPSA) is 51.2 Å². The van der Waals surface area contributed by atoms with E-state index in [9.17, 15) is 5.11 Å². The van der Waals surface area contributed by atoms with Gasteiger partial charge in [-0.2, -0.15) is 0 Å². The number of hydrogen-bond acceptors (Lipinski definition) is 5. The number of benzene rings is 1. The second-order valence-corrected chi connectivity index (χ2v) is 6.73. The highest BCUT2D eigenvalue weighted by atomic mass is 35.5. The van der Waals surface area contributed by atoms with Crippen LogP contribution in [0.2, 0.25) is 5.02 Å².